The zero-order valence-electron chi connectivity index (χ0n) is 11.5. The number of benzene rings is 1. The Morgan fingerprint density at radius 3 is 3.00 bits per heavy atom. The minimum absolute atomic E-state index is 0.0291. The van der Waals surface area contributed by atoms with Crippen molar-refractivity contribution in [3.8, 4) is 0 Å². The highest BCUT2D eigenvalue weighted by Crippen LogP contribution is 2.30. The van der Waals surface area contributed by atoms with Crippen molar-refractivity contribution in [1.29, 1.82) is 0 Å². The maximum Gasteiger partial charge on any atom is 0.305 e. The molecule has 5 heteroatoms. The van der Waals surface area contributed by atoms with E-state index >= 15 is 0 Å². The molecule has 0 amide bonds. The van der Waals surface area contributed by atoms with Gasteiger partial charge in [0.25, 0.3) is 0 Å². The van der Waals surface area contributed by atoms with E-state index in [0.29, 0.717) is 13.2 Å². The predicted octanol–water partition coefficient (Wildman–Crippen LogP) is 3.13. The van der Waals surface area contributed by atoms with Crippen LogP contribution in [0.1, 0.15) is 34.5 Å². The number of carbonyl (C=O) groups is 1. The monoisotopic (exact) mass is 303 g/mol. The van der Waals surface area contributed by atoms with Gasteiger partial charge in [0.2, 0.25) is 0 Å². The maximum absolute atomic E-state index is 11.1. The minimum atomic E-state index is -0.800. The highest BCUT2D eigenvalue weighted by atomic mass is 32.1. The lowest BCUT2D eigenvalue weighted by atomic mass is 9.98. The molecular formula is C16H17NO3S. The van der Waals surface area contributed by atoms with Crippen molar-refractivity contribution < 1.29 is 14.6 Å². The molecule has 2 N–H and O–H groups in total. The summed E-state index contributed by atoms with van der Waals surface area (Å²) < 4.78 is 5.63. The molecule has 2 atom stereocenters. The van der Waals surface area contributed by atoms with E-state index in [4.69, 9.17) is 9.84 Å². The standard InChI is InChI=1S/C16H17NO3S/c18-16(19)8-13(15-6-3-7-21-15)17-14-10-20-9-11-4-1-2-5-12(11)14/h1-7,13-14,17H,8-10H2,(H,18,19). The third-order valence-electron chi connectivity index (χ3n) is 3.64. The lowest BCUT2D eigenvalue weighted by molar-refractivity contribution is -0.137. The zero-order valence-corrected chi connectivity index (χ0v) is 12.3. The van der Waals surface area contributed by atoms with Crippen LogP contribution in [0, 0.1) is 0 Å². The largest absolute Gasteiger partial charge is 0.481 e. The molecule has 0 radical (unpaired) electrons. The van der Waals surface area contributed by atoms with Crippen molar-refractivity contribution in [3.63, 3.8) is 0 Å². The number of hydrogen-bond donors (Lipinski definition) is 2. The summed E-state index contributed by atoms with van der Waals surface area (Å²) in [5, 5.41) is 14.6. The lowest BCUT2D eigenvalue weighted by Crippen LogP contribution is -2.33. The highest BCUT2D eigenvalue weighted by molar-refractivity contribution is 7.10. The van der Waals surface area contributed by atoms with E-state index in [2.05, 4.69) is 17.4 Å². The number of carboxylic acid groups (broad SMARTS) is 1. The second-order valence-electron chi connectivity index (χ2n) is 5.10. The van der Waals surface area contributed by atoms with Gasteiger partial charge in [-0.15, -0.1) is 11.3 Å². The zero-order chi connectivity index (χ0) is 14.7. The van der Waals surface area contributed by atoms with Crippen molar-refractivity contribution in [2.75, 3.05) is 6.61 Å². The van der Waals surface area contributed by atoms with Crippen LogP contribution in [-0.2, 0) is 16.1 Å². The number of nitrogens with one attached hydrogen (secondary N) is 1. The Kier molecular flexibility index (Phi) is 4.34. The fourth-order valence-electron chi connectivity index (χ4n) is 2.67. The molecule has 1 aliphatic heterocycles. The van der Waals surface area contributed by atoms with Gasteiger partial charge in [-0.2, -0.15) is 0 Å². The number of ether oxygens (including phenoxy) is 1. The molecule has 0 saturated heterocycles. The van der Waals surface area contributed by atoms with Gasteiger partial charge < -0.3 is 9.84 Å². The second kappa shape index (κ2) is 6.39. The van der Waals surface area contributed by atoms with Gasteiger partial charge in [-0.05, 0) is 22.6 Å². The van der Waals surface area contributed by atoms with Crippen LogP contribution < -0.4 is 5.32 Å². The summed E-state index contributed by atoms with van der Waals surface area (Å²) in [4.78, 5) is 12.2. The van der Waals surface area contributed by atoms with Crippen LogP contribution in [0.25, 0.3) is 0 Å². The Balaban J connectivity index is 1.82. The van der Waals surface area contributed by atoms with Gasteiger partial charge in [-0.25, -0.2) is 0 Å². The Hall–Kier alpha value is -1.69. The first-order chi connectivity index (χ1) is 10.2. The third kappa shape index (κ3) is 3.32. The topological polar surface area (TPSA) is 58.6 Å². The lowest BCUT2D eigenvalue weighted by Gasteiger charge is -2.29. The summed E-state index contributed by atoms with van der Waals surface area (Å²) in [5.74, 6) is -0.800. The molecule has 0 saturated carbocycles. The first kappa shape index (κ1) is 14.3. The summed E-state index contributed by atoms with van der Waals surface area (Å²) in [6.07, 6.45) is 0.0686. The summed E-state index contributed by atoms with van der Waals surface area (Å²) in [6, 6.07) is 11.9. The molecule has 0 spiro atoms. The molecule has 2 unspecified atom stereocenters. The SMILES string of the molecule is O=C(O)CC(NC1COCc2ccccc21)c1cccs1. The van der Waals surface area contributed by atoms with Crippen LogP contribution in [0.4, 0.5) is 0 Å². The van der Waals surface area contributed by atoms with Crippen LogP contribution in [0.15, 0.2) is 41.8 Å². The molecule has 4 nitrogen and oxygen atoms in total. The molecule has 110 valence electrons. The van der Waals surface area contributed by atoms with E-state index in [1.807, 2.05) is 29.6 Å². The van der Waals surface area contributed by atoms with Gasteiger partial charge in [0.15, 0.2) is 0 Å². The van der Waals surface area contributed by atoms with E-state index in [1.54, 1.807) is 11.3 Å². The molecule has 1 aromatic carbocycles. The Labute approximate surface area is 127 Å². The second-order valence-corrected chi connectivity index (χ2v) is 6.08. The molecule has 2 heterocycles. The predicted molar refractivity (Wildman–Crippen MR) is 81.3 cm³/mol. The molecule has 2 aromatic rings. The van der Waals surface area contributed by atoms with E-state index in [0.717, 1.165) is 4.88 Å². The van der Waals surface area contributed by atoms with Gasteiger partial charge in [-0.3, -0.25) is 10.1 Å². The summed E-state index contributed by atoms with van der Waals surface area (Å²) in [5.41, 5.74) is 2.37. The van der Waals surface area contributed by atoms with Gasteiger partial charge in [-0.1, -0.05) is 30.3 Å². The average Bonchev–Trinajstić information content (AvgIpc) is 3.01. The van der Waals surface area contributed by atoms with Crippen molar-refractivity contribution in [2.24, 2.45) is 0 Å². The molecule has 0 fully saturated rings. The first-order valence-electron chi connectivity index (χ1n) is 6.91. The Morgan fingerprint density at radius 2 is 2.24 bits per heavy atom. The number of thiophene rings is 1. The van der Waals surface area contributed by atoms with Crippen LogP contribution in [0.2, 0.25) is 0 Å². The average molecular weight is 303 g/mol. The van der Waals surface area contributed by atoms with E-state index in [1.165, 1.54) is 11.1 Å². The van der Waals surface area contributed by atoms with Crippen molar-refractivity contribution in [3.05, 3.63) is 57.8 Å². The van der Waals surface area contributed by atoms with Gasteiger partial charge in [0.05, 0.1) is 31.7 Å². The molecule has 21 heavy (non-hydrogen) atoms. The molecule has 0 aliphatic carbocycles. The minimum Gasteiger partial charge on any atom is -0.481 e. The van der Waals surface area contributed by atoms with Gasteiger partial charge in [0.1, 0.15) is 0 Å². The number of rotatable bonds is 5. The number of fused-ring (bicyclic) bond motifs is 1. The fourth-order valence-corrected chi connectivity index (χ4v) is 3.46. The molecule has 3 rings (SSSR count). The van der Waals surface area contributed by atoms with Crippen LogP contribution >= 0.6 is 11.3 Å². The molecule has 1 aliphatic rings. The molecular weight excluding hydrogens is 286 g/mol. The van der Waals surface area contributed by atoms with Gasteiger partial charge >= 0.3 is 5.97 Å². The van der Waals surface area contributed by atoms with Gasteiger partial charge in [0, 0.05) is 4.88 Å². The highest BCUT2D eigenvalue weighted by Gasteiger charge is 2.25. The van der Waals surface area contributed by atoms with Crippen molar-refractivity contribution in [1.82, 2.24) is 5.32 Å². The van der Waals surface area contributed by atoms with Crippen LogP contribution in [-0.4, -0.2) is 17.7 Å². The third-order valence-corrected chi connectivity index (χ3v) is 4.63. The van der Waals surface area contributed by atoms with E-state index in [9.17, 15) is 4.79 Å². The number of hydrogen-bond acceptors (Lipinski definition) is 4. The molecule has 1 aromatic heterocycles. The van der Waals surface area contributed by atoms with Crippen LogP contribution in [0.5, 0.6) is 0 Å². The number of carboxylic acids is 1. The van der Waals surface area contributed by atoms with Crippen molar-refractivity contribution >= 4 is 17.3 Å². The fraction of sp³-hybridized carbons (Fsp3) is 0.312. The normalized spacial score (nSPS) is 19.0. The Morgan fingerprint density at radius 1 is 1.38 bits per heavy atom. The number of aliphatic carboxylic acids is 1. The van der Waals surface area contributed by atoms with E-state index < -0.39 is 5.97 Å². The Bertz CT molecular complexity index is 612. The van der Waals surface area contributed by atoms with Crippen LogP contribution in [0.3, 0.4) is 0 Å². The summed E-state index contributed by atoms with van der Waals surface area (Å²) in [7, 11) is 0. The quantitative estimate of drug-likeness (QED) is 0.891. The summed E-state index contributed by atoms with van der Waals surface area (Å²) in [6.45, 7) is 1.19. The van der Waals surface area contributed by atoms with E-state index in [-0.39, 0.29) is 18.5 Å². The van der Waals surface area contributed by atoms with Crippen molar-refractivity contribution in [2.45, 2.75) is 25.1 Å². The summed E-state index contributed by atoms with van der Waals surface area (Å²) >= 11 is 1.58. The molecule has 0 bridgehead atoms. The smallest absolute Gasteiger partial charge is 0.305 e. The first-order valence-corrected chi connectivity index (χ1v) is 7.79. The maximum atomic E-state index is 11.1.